The van der Waals surface area contributed by atoms with Gasteiger partial charge in [-0.05, 0) is 19.1 Å². The van der Waals surface area contributed by atoms with Crippen LogP contribution in [0.5, 0.6) is 0 Å². The third-order valence-electron chi connectivity index (χ3n) is 1.56. The van der Waals surface area contributed by atoms with Gasteiger partial charge in [-0.2, -0.15) is 8.42 Å². The fraction of sp³-hybridized carbons (Fsp3) is 0.222. The molecule has 0 radical (unpaired) electrons. The van der Waals surface area contributed by atoms with Gasteiger partial charge in [0.2, 0.25) is 0 Å². The number of benzene rings is 1. The second-order valence-electron chi connectivity index (χ2n) is 2.85. The standard InChI is InChI=1S/C9H10O5S/c1-7(10)9(11)14-15(12,13)8-5-3-2-4-6-8/h2-7,10H,1H3. The molecule has 1 N–H and O–H groups in total. The van der Waals surface area contributed by atoms with Crippen molar-refractivity contribution >= 4 is 16.1 Å². The smallest absolute Gasteiger partial charge is 0.350 e. The Bertz CT molecular complexity index is 435. The van der Waals surface area contributed by atoms with Crippen LogP contribution in [0.3, 0.4) is 0 Å². The molecule has 1 rings (SSSR count). The molecule has 1 aromatic rings. The molecule has 0 aromatic heterocycles. The summed E-state index contributed by atoms with van der Waals surface area (Å²) in [6.07, 6.45) is -1.47. The summed E-state index contributed by atoms with van der Waals surface area (Å²) >= 11 is 0. The van der Waals surface area contributed by atoms with Crippen LogP contribution >= 0.6 is 0 Å². The molecular formula is C9H10O5S. The SMILES string of the molecule is CC(O)C(=O)OS(=O)(=O)c1ccccc1. The van der Waals surface area contributed by atoms with Crippen LogP contribution < -0.4 is 0 Å². The van der Waals surface area contributed by atoms with Gasteiger partial charge < -0.3 is 9.29 Å². The quantitative estimate of drug-likeness (QED) is 0.755. The molecule has 15 heavy (non-hydrogen) atoms. The first-order valence-electron chi connectivity index (χ1n) is 4.15. The first kappa shape index (κ1) is 11.7. The Balaban J connectivity index is 2.91. The van der Waals surface area contributed by atoms with E-state index in [1.165, 1.54) is 24.3 Å². The van der Waals surface area contributed by atoms with E-state index in [4.69, 9.17) is 5.11 Å². The van der Waals surface area contributed by atoms with Crippen LogP contribution in [0.2, 0.25) is 0 Å². The van der Waals surface area contributed by atoms with Crippen LogP contribution in [0.1, 0.15) is 6.92 Å². The second kappa shape index (κ2) is 4.41. The van der Waals surface area contributed by atoms with Crippen molar-refractivity contribution in [3.63, 3.8) is 0 Å². The minimum Gasteiger partial charge on any atom is -0.382 e. The first-order valence-corrected chi connectivity index (χ1v) is 5.56. The molecule has 0 amide bonds. The third kappa shape index (κ3) is 3.03. The van der Waals surface area contributed by atoms with Gasteiger partial charge in [0, 0.05) is 0 Å². The Kier molecular flexibility index (Phi) is 3.43. The predicted molar refractivity (Wildman–Crippen MR) is 51.4 cm³/mol. The molecule has 1 unspecified atom stereocenters. The molecule has 0 bridgehead atoms. The van der Waals surface area contributed by atoms with Crippen molar-refractivity contribution in [3.05, 3.63) is 30.3 Å². The molecule has 0 spiro atoms. The van der Waals surface area contributed by atoms with E-state index >= 15 is 0 Å². The van der Waals surface area contributed by atoms with Crippen LogP contribution in [0, 0.1) is 0 Å². The molecule has 1 aromatic carbocycles. The van der Waals surface area contributed by atoms with Gasteiger partial charge in [-0.1, -0.05) is 18.2 Å². The predicted octanol–water partition coefficient (Wildman–Crippen LogP) is 0.299. The average Bonchev–Trinajstić information content (AvgIpc) is 2.18. The molecule has 1 atom stereocenters. The highest BCUT2D eigenvalue weighted by atomic mass is 32.2. The maximum atomic E-state index is 11.4. The largest absolute Gasteiger partial charge is 0.382 e. The number of hydrogen-bond acceptors (Lipinski definition) is 5. The number of rotatable bonds is 3. The lowest BCUT2D eigenvalue weighted by Gasteiger charge is -2.06. The van der Waals surface area contributed by atoms with Crippen molar-refractivity contribution in [2.24, 2.45) is 0 Å². The topological polar surface area (TPSA) is 80.7 Å². The molecule has 0 heterocycles. The van der Waals surface area contributed by atoms with Crippen molar-refractivity contribution in [1.82, 2.24) is 0 Å². The summed E-state index contributed by atoms with van der Waals surface area (Å²) < 4.78 is 27.0. The monoisotopic (exact) mass is 230 g/mol. The van der Waals surface area contributed by atoms with E-state index in [1.807, 2.05) is 0 Å². The summed E-state index contributed by atoms with van der Waals surface area (Å²) in [7, 11) is -4.11. The van der Waals surface area contributed by atoms with E-state index in [9.17, 15) is 13.2 Å². The van der Waals surface area contributed by atoms with Crippen LogP contribution in [0.4, 0.5) is 0 Å². The summed E-state index contributed by atoms with van der Waals surface area (Å²) in [5.41, 5.74) is 0. The molecule has 0 fully saturated rings. The van der Waals surface area contributed by atoms with Gasteiger partial charge in [-0.25, -0.2) is 4.79 Å². The summed E-state index contributed by atoms with van der Waals surface area (Å²) in [6.45, 7) is 1.13. The Hall–Kier alpha value is -1.40. The fourth-order valence-electron chi connectivity index (χ4n) is 0.813. The normalized spacial score (nSPS) is 13.2. The number of carbonyl (C=O) groups excluding carboxylic acids is 1. The molecule has 82 valence electrons. The van der Waals surface area contributed by atoms with Crippen LogP contribution in [0.15, 0.2) is 35.2 Å². The van der Waals surface area contributed by atoms with Crippen molar-refractivity contribution in [2.45, 2.75) is 17.9 Å². The summed E-state index contributed by atoms with van der Waals surface area (Å²) in [5.74, 6) is -1.20. The van der Waals surface area contributed by atoms with Gasteiger partial charge in [-0.3, -0.25) is 0 Å². The van der Waals surface area contributed by atoms with E-state index in [0.29, 0.717) is 0 Å². The van der Waals surface area contributed by atoms with Gasteiger partial charge >= 0.3 is 16.1 Å². The maximum Gasteiger partial charge on any atom is 0.350 e. The van der Waals surface area contributed by atoms with E-state index in [0.717, 1.165) is 6.92 Å². The second-order valence-corrected chi connectivity index (χ2v) is 4.39. The van der Waals surface area contributed by atoms with Gasteiger partial charge in [0.1, 0.15) is 11.0 Å². The zero-order valence-corrected chi connectivity index (χ0v) is 8.77. The van der Waals surface area contributed by atoms with Gasteiger partial charge in [-0.15, -0.1) is 0 Å². The molecular weight excluding hydrogens is 220 g/mol. The van der Waals surface area contributed by atoms with Crippen LogP contribution in [-0.4, -0.2) is 25.6 Å². The highest BCUT2D eigenvalue weighted by Gasteiger charge is 2.22. The average molecular weight is 230 g/mol. The van der Waals surface area contributed by atoms with E-state index in [1.54, 1.807) is 6.07 Å². The Labute approximate surface area is 87.4 Å². The van der Waals surface area contributed by atoms with Gasteiger partial charge in [0.05, 0.1) is 0 Å². The van der Waals surface area contributed by atoms with Crippen molar-refractivity contribution in [3.8, 4) is 0 Å². The number of carbonyl (C=O) groups is 1. The van der Waals surface area contributed by atoms with Crippen molar-refractivity contribution < 1.29 is 22.5 Å². The van der Waals surface area contributed by atoms with E-state index in [2.05, 4.69) is 4.18 Å². The maximum absolute atomic E-state index is 11.4. The first-order chi connectivity index (χ1) is 6.93. The van der Waals surface area contributed by atoms with E-state index < -0.39 is 22.2 Å². The lowest BCUT2D eigenvalue weighted by Crippen LogP contribution is -2.23. The lowest BCUT2D eigenvalue weighted by molar-refractivity contribution is -0.142. The zero-order valence-electron chi connectivity index (χ0n) is 7.95. The van der Waals surface area contributed by atoms with Gasteiger partial charge in [0.25, 0.3) is 0 Å². The summed E-state index contributed by atoms with van der Waals surface area (Å²) in [5, 5.41) is 8.79. The fourth-order valence-corrected chi connectivity index (χ4v) is 1.76. The Morgan fingerprint density at radius 3 is 2.33 bits per heavy atom. The molecule has 0 aliphatic carbocycles. The highest BCUT2D eigenvalue weighted by Crippen LogP contribution is 2.11. The number of aliphatic hydroxyl groups is 1. The molecule has 0 aliphatic rings. The zero-order chi connectivity index (χ0) is 11.5. The molecule has 0 saturated carbocycles. The molecule has 0 saturated heterocycles. The minimum atomic E-state index is -4.11. The minimum absolute atomic E-state index is 0.126. The van der Waals surface area contributed by atoms with Crippen LogP contribution in [-0.2, 0) is 19.1 Å². The Morgan fingerprint density at radius 1 is 1.33 bits per heavy atom. The number of aliphatic hydroxyl groups excluding tert-OH is 1. The Morgan fingerprint density at radius 2 is 1.87 bits per heavy atom. The molecule has 5 nitrogen and oxygen atoms in total. The molecule has 6 heteroatoms. The van der Waals surface area contributed by atoms with E-state index in [-0.39, 0.29) is 4.90 Å². The molecule has 0 aliphatic heterocycles. The van der Waals surface area contributed by atoms with Gasteiger partial charge in [0.15, 0.2) is 0 Å². The lowest BCUT2D eigenvalue weighted by atomic mass is 10.4. The van der Waals surface area contributed by atoms with Crippen molar-refractivity contribution in [2.75, 3.05) is 0 Å². The summed E-state index contributed by atoms with van der Waals surface area (Å²) in [6, 6.07) is 7.23. The highest BCUT2D eigenvalue weighted by molar-refractivity contribution is 7.87. The van der Waals surface area contributed by atoms with Crippen LogP contribution in [0.25, 0.3) is 0 Å². The number of hydrogen-bond donors (Lipinski definition) is 1. The summed E-state index contributed by atoms with van der Waals surface area (Å²) in [4.78, 5) is 10.8. The third-order valence-corrected chi connectivity index (χ3v) is 2.80. The van der Waals surface area contributed by atoms with Crippen molar-refractivity contribution in [1.29, 1.82) is 0 Å².